The number of amides is 2. The number of nitrogens with one attached hydrogen (secondary N) is 3. The van der Waals surface area contributed by atoms with Crippen LogP contribution in [0.1, 0.15) is 5.82 Å². The van der Waals surface area contributed by atoms with Crippen LogP contribution in [0.2, 0.25) is 0 Å². The lowest BCUT2D eigenvalue weighted by Gasteiger charge is -2.05. The number of hydrogen-bond acceptors (Lipinski definition) is 3. The normalized spacial score (nSPS) is 10.4. The number of urea groups is 1. The first-order chi connectivity index (χ1) is 9.81. The number of aromatic nitrogens is 3. The second-order valence-corrected chi connectivity index (χ2v) is 4.25. The Kier molecular flexibility index (Phi) is 3.28. The summed E-state index contributed by atoms with van der Waals surface area (Å²) in [6.07, 6.45) is 3.23. The molecular formula is C14H13N5O. The van der Waals surface area contributed by atoms with E-state index in [1.807, 2.05) is 24.3 Å². The number of carbonyl (C=O) groups is 1. The van der Waals surface area contributed by atoms with E-state index < -0.39 is 0 Å². The summed E-state index contributed by atoms with van der Waals surface area (Å²) >= 11 is 0. The quantitative estimate of drug-likeness (QED) is 0.680. The van der Waals surface area contributed by atoms with Gasteiger partial charge in [0.2, 0.25) is 0 Å². The number of fused-ring (bicyclic) bond motifs is 1. The van der Waals surface area contributed by atoms with Crippen LogP contribution in [0, 0.1) is 0 Å². The van der Waals surface area contributed by atoms with Gasteiger partial charge in [-0.25, -0.2) is 9.78 Å². The summed E-state index contributed by atoms with van der Waals surface area (Å²) in [7, 11) is 0. The molecule has 6 heteroatoms. The van der Waals surface area contributed by atoms with Crippen LogP contribution in [0.3, 0.4) is 0 Å². The third kappa shape index (κ3) is 2.74. The van der Waals surface area contributed by atoms with E-state index in [9.17, 15) is 4.79 Å². The van der Waals surface area contributed by atoms with Crippen molar-refractivity contribution in [3.05, 3.63) is 54.6 Å². The van der Waals surface area contributed by atoms with Crippen LogP contribution >= 0.6 is 0 Å². The molecule has 0 aliphatic carbocycles. The smallest absolute Gasteiger partial charge is 0.319 e. The summed E-state index contributed by atoms with van der Waals surface area (Å²) in [4.78, 5) is 23.2. The Balaban J connectivity index is 1.60. The number of para-hydroxylation sites is 2. The highest BCUT2D eigenvalue weighted by atomic mass is 16.2. The largest absolute Gasteiger partial charge is 0.340 e. The van der Waals surface area contributed by atoms with Crippen molar-refractivity contribution >= 4 is 22.8 Å². The number of aromatic amines is 1. The molecule has 2 aromatic heterocycles. The summed E-state index contributed by atoms with van der Waals surface area (Å²) in [5.41, 5.74) is 2.49. The maximum Gasteiger partial charge on any atom is 0.319 e. The van der Waals surface area contributed by atoms with Crippen molar-refractivity contribution in [3.63, 3.8) is 0 Å². The van der Waals surface area contributed by atoms with Gasteiger partial charge in [0.25, 0.3) is 0 Å². The van der Waals surface area contributed by atoms with E-state index in [0.29, 0.717) is 18.1 Å². The van der Waals surface area contributed by atoms with Gasteiger partial charge in [-0.05, 0) is 24.3 Å². The molecule has 0 atom stereocenters. The summed E-state index contributed by atoms with van der Waals surface area (Å²) in [6.45, 7) is 0.334. The number of rotatable bonds is 3. The van der Waals surface area contributed by atoms with Crippen molar-refractivity contribution in [1.82, 2.24) is 20.3 Å². The first kappa shape index (κ1) is 12.2. The molecule has 2 amide bonds. The Labute approximate surface area is 115 Å². The van der Waals surface area contributed by atoms with Crippen molar-refractivity contribution in [1.29, 1.82) is 0 Å². The standard InChI is InChI=1S/C14H13N5O/c20-14(17-10-4-3-7-15-8-10)16-9-13-18-11-5-1-2-6-12(11)19-13/h1-8H,9H2,(H,18,19)(H2,16,17,20). The highest BCUT2D eigenvalue weighted by Crippen LogP contribution is 2.10. The molecule has 2 heterocycles. The molecule has 3 rings (SSSR count). The van der Waals surface area contributed by atoms with E-state index in [2.05, 4.69) is 25.6 Å². The molecule has 0 aliphatic rings. The van der Waals surface area contributed by atoms with Crippen LogP contribution < -0.4 is 10.6 Å². The average molecular weight is 267 g/mol. The van der Waals surface area contributed by atoms with E-state index in [4.69, 9.17) is 0 Å². The van der Waals surface area contributed by atoms with Crippen molar-refractivity contribution in [2.24, 2.45) is 0 Å². The minimum atomic E-state index is -0.293. The van der Waals surface area contributed by atoms with Gasteiger partial charge in [0.15, 0.2) is 0 Å². The zero-order chi connectivity index (χ0) is 13.8. The van der Waals surface area contributed by atoms with E-state index in [1.165, 1.54) is 0 Å². The lowest BCUT2D eigenvalue weighted by molar-refractivity contribution is 0.251. The Hall–Kier alpha value is -2.89. The van der Waals surface area contributed by atoms with E-state index in [1.54, 1.807) is 24.5 Å². The van der Waals surface area contributed by atoms with E-state index in [0.717, 1.165) is 11.0 Å². The molecule has 0 radical (unpaired) electrons. The number of carbonyl (C=O) groups excluding carboxylic acids is 1. The SMILES string of the molecule is O=C(NCc1nc2ccccc2[nH]1)Nc1cccnc1. The minimum Gasteiger partial charge on any atom is -0.340 e. The molecule has 1 aromatic carbocycles. The van der Waals surface area contributed by atoms with Gasteiger partial charge < -0.3 is 15.6 Å². The van der Waals surface area contributed by atoms with Crippen LogP contribution in [0.25, 0.3) is 11.0 Å². The zero-order valence-corrected chi connectivity index (χ0v) is 10.6. The zero-order valence-electron chi connectivity index (χ0n) is 10.6. The number of imidazole rings is 1. The fourth-order valence-electron chi connectivity index (χ4n) is 1.87. The highest BCUT2D eigenvalue weighted by Gasteiger charge is 2.05. The Morgan fingerprint density at radius 3 is 2.90 bits per heavy atom. The molecule has 0 bridgehead atoms. The molecule has 0 spiro atoms. The lowest BCUT2D eigenvalue weighted by atomic mass is 10.3. The van der Waals surface area contributed by atoms with Crippen LogP contribution in [-0.4, -0.2) is 21.0 Å². The Morgan fingerprint density at radius 1 is 1.20 bits per heavy atom. The fraction of sp³-hybridized carbons (Fsp3) is 0.0714. The fourth-order valence-corrected chi connectivity index (χ4v) is 1.87. The molecule has 0 saturated heterocycles. The van der Waals surface area contributed by atoms with E-state index in [-0.39, 0.29) is 6.03 Å². The topological polar surface area (TPSA) is 82.7 Å². The molecule has 0 saturated carbocycles. The van der Waals surface area contributed by atoms with Crippen LogP contribution in [0.15, 0.2) is 48.8 Å². The summed E-state index contributed by atoms with van der Waals surface area (Å²) < 4.78 is 0. The second-order valence-electron chi connectivity index (χ2n) is 4.25. The van der Waals surface area contributed by atoms with Crippen LogP contribution in [0.5, 0.6) is 0 Å². The maximum atomic E-state index is 11.7. The van der Waals surface area contributed by atoms with Gasteiger partial charge in [0, 0.05) is 6.20 Å². The van der Waals surface area contributed by atoms with Crippen molar-refractivity contribution in [2.75, 3.05) is 5.32 Å². The predicted molar refractivity (Wildman–Crippen MR) is 76.2 cm³/mol. The number of hydrogen-bond donors (Lipinski definition) is 3. The molecule has 0 unspecified atom stereocenters. The first-order valence-corrected chi connectivity index (χ1v) is 6.20. The minimum absolute atomic E-state index is 0.293. The van der Waals surface area contributed by atoms with E-state index >= 15 is 0 Å². The Morgan fingerprint density at radius 2 is 2.10 bits per heavy atom. The molecule has 3 aromatic rings. The van der Waals surface area contributed by atoms with Crippen LogP contribution in [0.4, 0.5) is 10.5 Å². The van der Waals surface area contributed by atoms with Crippen molar-refractivity contribution in [3.8, 4) is 0 Å². The summed E-state index contributed by atoms with van der Waals surface area (Å²) in [5.74, 6) is 0.715. The number of benzene rings is 1. The monoisotopic (exact) mass is 267 g/mol. The lowest BCUT2D eigenvalue weighted by Crippen LogP contribution is -2.28. The third-order valence-electron chi connectivity index (χ3n) is 2.77. The van der Waals surface area contributed by atoms with Gasteiger partial charge in [0.05, 0.1) is 29.5 Å². The van der Waals surface area contributed by atoms with Crippen molar-refractivity contribution < 1.29 is 4.79 Å². The van der Waals surface area contributed by atoms with Gasteiger partial charge in [0.1, 0.15) is 5.82 Å². The first-order valence-electron chi connectivity index (χ1n) is 6.20. The van der Waals surface area contributed by atoms with Gasteiger partial charge in [-0.15, -0.1) is 0 Å². The highest BCUT2D eigenvalue weighted by molar-refractivity contribution is 5.88. The molecule has 100 valence electrons. The molecule has 20 heavy (non-hydrogen) atoms. The Bertz CT molecular complexity index is 690. The third-order valence-corrected chi connectivity index (χ3v) is 2.77. The van der Waals surface area contributed by atoms with Crippen molar-refractivity contribution in [2.45, 2.75) is 6.54 Å². The molecule has 0 aliphatic heterocycles. The molecule has 3 N–H and O–H groups in total. The van der Waals surface area contributed by atoms with Gasteiger partial charge in [-0.3, -0.25) is 4.98 Å². The predicted octanol–water partition coefficient (Wildman–Crippen LogP) is 2.28. The number of pyridine rings is 1. The summed E-state index contributed by atoms with van der Waals surface area (Å²) in [6, 6.07) is 11.0. The molecule has 6 nitrogen and oxygen atoms in total. The molecule has 0 fully saturated rings. The van der Waals surface area contributed by atoms with Gasteiger partial charge in [-0.2, -0.15) is 0 Å². The number of anilines is 1. The number of nitrogens with zero attached hydrogens (tertiary/aromatic N) is 2. The summed E-state index contributed by atoms with van der Waals surface area (Å²) in [5, 5.41) is 5.43. The average Bonchev–Trinajstić information content (AvgIpc) is 2.89. The second kappa shape index (κ2) is 5.40. The molecular weight excluding hydrogens is 254 g/mol. The van der Waals surface area contributed by atoms with Gasteiger partial charge in [-0.1, -0.05) is 12.1 Å². The van der Waals surface area contributed by atoms with Gasteiger partial charge >= 0.3 is 6.03 Å². The van der Waals surface area contributed by atoms with Crippen LogP contribution in [-0.2, 0) is 6.54 Å². The maximum absolute atomic E-state index is 11.7. The number of H-pyrrole nitrogens is 1.